The summed E-state index contributed by atoms with van der Waals surface area (Å²) in [5.41, 5.74) is 1.32. The predicted molar refractivity (Wildman–Crippen MR) is 74.6 cm³/mol. The van der Waals surface area contributed by atoms with E-state index in [0.717, 1.165) is 10.0 Å². The zero-order valence-corrected chi connectivity index (χ0v) is 12.0. The number of benzene rings is 1. The molecule has 1 aromatic heterocycles. The van der Waals surface area contributed by atoms with Crippen LogP contribution < -0.4 is 10.6 Å². The molecule has 2 aromatic rings. The van der Waals surface area contributed by atoms with Crippen molar-refractivity contribution in [3.63, 3.8) is 0 Å². The van der Waals surface area contributed by atoms with Crippen LogP contribution in [0.4, 0.5) is 0 Å². The van der Waals surface area contributed by atoms with Gasteiger partial charge in [-0.1, -0.05) is 28.1 Å². The molecule has 1 amide bonds. The normalized spacial score (nSPS) is 10.4. The molecule has 0 aliphatic heterocycles. The Morgan fingerprint density at radius 2 is 2.05 bits per heavy atom. The third-order valence-corrected chi connectivity index (χ3v) is 3.01. The van der Waals surface area contributed by atoms with E-state index in [4.69, 9.17) is 4.42 Å². The van der Waals surface area contributed by atoms with Gasteiger partial charge in [-0.05, 0) is 24.7 Å². The lowest BCUT2D eigenvalue weighted by molar-refractivity contribution is 0.0946. The minimum atomic E-state index is -0.242. The monoisotopic (exact) mass is 323 g/mol. The van der Waals surface area contributed by atoms with Gasteiger partial charge in [0.25, 0.3) is 5.91 Å². The highest BCUT2D eigenvalue weighted by atomic mass is 79.9. The number of carbonyl (C=O) groups is 1. The fourth-order valence-electron chi connectivity index (χ4n) is 1.52. The average molecular weight is 324 g/mol. The zero-order valence-electron chi connectivity index (χ0n) is 10.4. The van der Waals surface area contributed by atoms with Crippen LogP contribution in [-0.4, -0.2) is 17.9 Å². The van der Waals surface area contributed by atoms with Gasteiger partial charge in [0.05, 0.1) is 6.54 Å². The van der Waals surface area contributed by atoms with Gasteiger partial charge in [0.1, 0.15) is 6.26 Å². The molecule has 6 heteroatoms. The molecule has 1 heterocycles. The van der Waals surface area contributed by atoms with Crippen LogP contribution in [0.2, 0.25) is 0 Å². The van der Waals surface area contributed by atoms with Crippen LogP contribution in [0.25, 0.3) is 0 Å². The van der Waals surface area contributed by atoms with Crippen LogP contribution in [0.5, 0.6) is 0 Å². The number of nitrogens with one attached hydrogen (secondary N) is 2. The summed E-state index contributed by atoms with van der Waals surface area (Å²) in [6, 6.07) is 7.75. The Bertz CT molecular complexity index is 551. The van der Waals surface area contributed by atoms with Crippen LogP contribution in [0.3, 0.4) is 0 Å². The molecule has 0 fully saturated rings. The SMILES string of the molecule is CNCc1nc(C(=O)NCc2ccc(Br)cc2)co1. The molecular weight excluding hydrogens is 310 g/mol. The molecule has 1 aromatic carbocycles. The molecule has 0 aliphatic carbocycles. The van der Waals surface area contributed by atoms with Crippen molar-refractivity contribution in [2.24, 2.45) is 0 Å². The lowest BCUT2D eigenvalue weighted by Crippen LogP contribution is -2.23. The summed E-state index contributed by atoms with van der Waals surface area (Å²) >= 11 is 3.36. The molecule has 0 bridgehead atoms. The van der Waals surface area contributed by atoms with Crippen molar-refractivity contribution in [1.82, 2.24) is 15.6 Å². The van der Waals surface area contributed by atoms with Gasteiger partial charge < -0.3 is 15.1 Å². The number of halogens is 1. The zero-order chi connectivity index (χ0) is 13.7. The molecule has 0 saturated heterocycles. The molecule has 0 atom stereocenters. The molecule has 5 nitrogen and oxygen atoms in total. The number of nitrogens with zero attached hydrogens (tertiary/aromatic N) is 1. The second-order valence-electron chi connectivity index (χ2n) is 3.97. The summed E-state index contributed by atoms with van der Waals surface area (Å²) < 4.78 is 6.16. The van der Waals surface area contributed by atoms with Gasteiger partial charge in [-0.2, -0.15) is 0 Å². The Morgan fingerprint density at radius 3 is 2.74 bits per heavy atom. The van der Waals surface area contributed by atoms with Crippen LogP contribution in [0.1, 0.15) is 21.9 Å². The maximum absolute atomic E-state index is 11.8. The van der Waals surface area contributed by atoms with E-state index < -0.39 is 0 Å². The van der Waals surface area contributed by atoms with Crippen LogP contribution >= 0.6 is 15.9 Å². The Balaban J connectivity index is 1.91. The number of oxazole rings is 1. The largest absolute Gasteiger partial charge is 0.447 e. The Kier molecular flexibility index (Phi) is 4.70. The lowest BCUT2D eigenvalue weighted by Gasteiger charge is -2.03. The molecular formula is C13H14BrN3O2. The third-order valence-electron chi connectivity index (χ3n) is 2.48. The first kappa shape index (κ1) is 13.8. The second kappa shape index (κ2) is 6.49. The highest BCUT2D eigenvalue weighted by molar-refractivity contribution is 9.10. The summed E-state index contributed by atoms with van der Waals surface area (Å²) in [6.07, 6.45) is 1.36. The van der Waals surface area contributed by atoms with Crippen molar-refractivity contribution in [3.8, 4) is 0 Å². The molecule has 0 radical (unpaired) electrons. The molecule has 0 unspecified atom stereocenters. The minimum absolute atomic E-state index is 0.242. The van der Waals surface area contributed by atoms with E-state index in [0.29, 0.717) is 24.7 Å². The quantitative estimate of drug-likeness (QED) is 0.884. The maximum atomic E-state index is 11.8. The Labute approximate surface area is 119 Å². The van der Waals surface area contributed by atoms with E-state index >= 15 is 0 Å². The van der Waals surface area contributed by atoms with Crippen molar-refractivity contribution < 1.29 is 9.21 Å². The van der Waals surface area contributed by atoms with Crippen molar-refractivity contribution in [2.45, 2.75) is 13.1 Å². The van der Waals surface area contributed by atoms with Gasteiger partial charge in [0, 0.05) is 11.0 Å². The summed E-state index contributed by atoms with van der Waals surface area (Å²) in [7, 11) is 1.79. The predicted octanol–water partition coefficient (Wildman–Crippen LogP) is 2.09. The lowest BCUT2D eigenvalue weighted by atomic mass is 10.2. The minimum Gasteiger partial charge on any atom is -0.447 e. The van der Waals surface area contributed by atoms with Crippen LogP contribution in [0, 0.1) is 0 Å². The number of amides is 1. The molecule has 0 aliphatic rings. The number of aromatic nitrogens is 1. The first-order chi connectivity index (χ1) is 9.19. The third kappa shape index (κ3) is 3.90. The molecule has 2 rings (SSSR count). The Hall–Kier alpha value is -1.66. The van der Waals surface area contributed by atoms with Crippen molar-refractivity contribution in [1.29, 1.82) is 0 Å². The smallest absolute Gasteiger partial charge is 0.273 e. The number of rotatable bonds is 5. The van der Waals surface area contributed by atoms with E-state index in [1.54, 1.807) is 7.05 Å². The van der Waals surface area contributed by atoms with Crippen LogP contribution in [-0.2, 0) is 13.1 Å². The maximum Gasteiger partial charge on any atom is 0.273 e. The van der Waals surface area contributed by atoms with Gasteiger partial charge in [0.2, 0.25) is 5.89 Å². The van der Waals surface area contributed by atoms with Gasteiger partial charge in [0.15, 0.2) is 5.69 Å². The van der Waals surface area contributed by atoms with Gasteiger partial charge in [-0.3, -0.25) is 4.79 Å². The summed E-state index contributed by atoms with van der Waals surface area (Å²) in [4.78, 5) is 15.9. The highest BCUT2D eigenvalue weighted by Gasteiger charge is 2.11. The van der Waals surface area contributed by atoms with Gasteiger partial charge in [-0.15, -0.1) is 0 Å². The summed E-state index contributed by atoms with van der Waals surface area (Å²) in [5, 5.41) is 5.70. The number of hydrogen-bond donors (Lipinski definition) is 2. The number of hydrogen-bond acceptors (Lipinski definition) is 4. The summed E-state index contributed by atoms with van der Waals surface area (Å²) in [6.45, 7) is 0.959. The van der Waals surface area contributed by atoms with E-state index in [2.05, 4.69) is 31.5 Å². The fraction of sp³-hybridized carbons (Fsp3) is 0.231. The van der Waals surface area contributed by atoms with Crippen molar-refractivity contribution >= 4 is 21.8 Å². The van der Waals surface area contributed by atoms with Crippen LogP contribution in [0.15, 0.2) is 39.4 Å². The van der Waals surface area contributed by atoms with E-state index in [9.17, 15) is 4.79 Å². The average Bonchev–Trinajstić information content (AvgIpc) is 2.87. The van der Waals surface area contributed by atoms with Gasteiger partial charge in [-0.25, -0.2) is 4.98 Å². The molecule has 19 heavy (non-hydrogen) atoms. The molecule has 0 saturated carbocycles. The van der Waals surface area contributed by atoms with E-state index in [-0.39, 0.29) is 5.91 Å². The number of carbonyl (C=O) groups excluding carboxylic acids is 1. The fourth-order valence-corrected chi connectivity index (χ4v) is 1.79. The molecule has 100 valence electrons. The van der Waals surface area contributed by atoms with Gasteiger partial charge >= 0.3 is 0 Å². The molecule has 2 N–H and O–H groups in total. The molecule has 0 spiro atoms. The Morgan fingerprint density at radius 1 is 1.32 bits per heavy atom. The van der Waals surface area contributed by atoms with Crippen molar-refractivity contribution in [3.05, 3.63) is 52.1 Å². The van der Waals surface area contributed by atoms with Crippen molar-refractivity contribution in [2.75, 3.05) is 7.05 Å². The van der Waals surface area contributed by atoms with E-state index in [1.165, 1.54) is 6.26 Å². The summed E-state index contributed by atoms with van der Waals surface area (Å²) in [5.74, 6) is 0.255. The second-order valence-corrected chi connectivity index (χ2v) is 4.88. The van der Waals surface area contributed by atoms with E-state index in [1.807, 2.05) is 24.3 Å². The standard InChI is InChI=1S/C13H14BrN3O2/c1-15-7-12-17-11(8-19-12)13(18)16-6-9-2-4-10(14)5-3-9/h2-5,8,15H,6-7H2,1H3,(H,16,18). The highest BCUT2D eigenvalue weighted by Crippen LogP contribution is 2.10. The first-order valence-electron chi connectivity index (χ1n) is 5.80. The first-order valence-corrected chi connectivity index (χ1v) is 6.60. The topological polar surface area (TPSA) is 67.2 Å².